The van der Waals surface area contributed by atoms with Crippen molar-refractivity contribution >= 4 is 13.3 Å². The summed E-state index contributed by atoms with van der Waals surface area (Å²) in [6.45, 7) is 4.65. The Bertz CT molecular complexity index is 573. The predicted molar refractivity (Wildman–Crippen MR) is 90.7 cm³/mol. The van der Waals surface area contributed by atoms with Gasteiger partial charge in [-0.05, 0) is 23.6 Å². The highest BCUT2D eigenvalue weighted by atomic mass is 28.3. The number of aryl methyl sites for hydroxylation is 1. The second-order valence-electron chi connectivity index (χ2n) is 5.63. The van der Waals surface area contributed by atoms with Crippen molar-refractivity contribution in [3.63, 3.8) is 0 Å². The molecule has 0 saturated carbocycles. The van der Waals surface area contributed by atoms with Crippen LogP contribution in [0, 0.1) is 11.5 Å². The van der Waals surface area contributed by atoms with E-state index in [0.717, 1.165) is 19.3 Å². The zero-order valence-electron chi connectivity index (χ0n) is 12.4. The number of hydrogen-bond donors (Lipinski definition) is 0. The molecular weight excluding hydrogens is 256 g/mol. The van der Waals surface area contributed by atoms with Gasteiger partial charge in [0.25, 0.3) is 0 Å². The zero-order valence-corrected chi connectivity index (χ0v) is 13.4. The summed E-state index contributed by atoms with van der Waals surface area (Å²) in [6, 6.07) is 21.4. The summed E-state index contributed by atoms with van der Waals surface area (Å²) in [7, 11) is -1.57. The van der Waals surface area contributed by atoms with Gasteiger partial charge in [-0.15, -0.1) is 11.5 Å². The molecule has 0 nitrogen and oxygen atoms in total. The molecule has 0 heterocycles. The molecule has 2 aromatic rings. The molecule has 0 aromatic heterocycles. The molecule has 2 aromatic carbocycles. The second kappa shape index (κ2) is 7.12. The van der Waals surface area contributed by atoms with E-state index in [9.17, 15) is 0 Å². The predicted octanol–water partition coefficient (Wildman–Crippen LogP) is 4.17. The topological polar surface area (TPSA) is 0 Å². The summed E-state index contributed by atoms with van der Waals surface area (Å²) in [6.07, 6.45) is 3.28. The molecule has 0 aliphatic rings. The average Bonchev–Trinajstić information content (AvgIpc) is 2.49. The van der Waals surface area contributed by atoms with Crippen LogP contribution in [0.5, 0.6) is 0 Å². The van der Waals surface area contributed by atoms with Crippen molar-refractivity contribution in [1.29, 1.82) is 0 Å². The van der Waals surface area contributed by atoms with Gasteiger partial charge in [-0.25, -0.2) is 0 Å². The Labute approximate surface area is 123 Å². The maximum atomic E-state index is 3.55. The van der Waals surface area contributed by atoms with E-state index in [4.69, 9.17) is 0 Å². The van der Waals surface area contributed by atoms with Crippen LogP contribution in [0.2, 0.25) is 13.1 Å². The standard InChI is InChI=1S/C19H22Si/c1-20(2,19-15-9-4-10-16-19)17-11-5-8-14-18-12-6-3-7-13-18/h3-4,6-7,9-10,12-13,15-16H,5,8,14H2,1-2H3. The SMILES string of the molecule is C[Si](C)(C#CCCCc1ccccc1)c1ccccc1. The van der Waals surface area contributed by atoms with Gasteiger partial charge in [-0.3, -0.25) is 0 Å². The van der Waals surface area contributed by atoms with Gasteiger partial charge in [0.2, 0.25) is 0 Å². The van der Waals surface area contributed by atoms with Gasteiger partial charge in [0.15, 0.2) is 8.07 Å². The molecule has 0 fully saturated rings. The van der Waals surface area contributed by atoms with Gasteiger partial charge in [0.05, 0.1) is 0 Å². The fourth-order valence-electron chi connectivity index (χ4n) is 2.24. The molecule has 102 valence electrons. The van der Waals surface area contributed by atoms with Crippen molar-refractivity contribution in [3.05, 3.63) is 66.2 Å². The molecule has 2 rings (SSSR count). The Morgan fingerprint density at radius 1 is 0.850 bits per heavy atom. The summed E-state index contributed by atoms with van der Waals surface area (Å²) in [5.74, 6) is 3.41. The quantitative estimate of drug-likeness (QED) is 0.447. The van der Waals surface area contributed by atoms with Crippen LogP contribution >= 0.6 is 0 Å². The minimum absolute atomic E-state index is 0.998. The molecule has 0 saturated heterocycles. The lowest BCUT2D eigenvalue weighted by atomic mass is 10.1. The number of rotatable bonds is 4. The molecule has 0 aliphatic heterocycles. The first-order valence-corrected chi connectivity index (χ1v) is 10.3. The van der Waals surface area contributed by atoms with Crippen LogP contribution in [-0.2, 0) is 6.42 Å². The molecule has 1 heteroatoms. The number of hydrogen-bond acceptors (Lipinski definition) is 0. The lowest BCUT2D eigenvalue weighted by Crippen LogP contribution is -2.39. The minimum Gasteiger partial charge on any atom is -0.126 e. The Balaban J connectivity index is 1.85. The van der Waals surface area contributed by atoms with E-state index < -0.39 is 8.07 Å². The third kappa shape index (κ3) is 4.40. The van der Waals surface area contributed by atoms with Gasteiger partial charge >= 0.3 is 0 Å². The number of benzene rings is 2. The molecule has 0 radical (unpaired) electrons. The van der Waals surface area contributed by atoms with Crippen LogP contribution in [0.4, 0.5) is 0 Å². The third-order valence-electron chi connectivity index (χ3n) is 3.51. The van der Waals surface area contributed by atoms with Gasteiger partial charge < -0.3 is 0 Å². The van der Waals surface area contributed by atoms with E-state index in [1.54, 1.807) is 0 Å². The fraction of sp³-hybridized carbons (Fsp3) is 0.263. The Morgan fingerprint density at radius 2 is 1.45 bits per heavy atom. The minimum atomic E-state index is -1.57. The van der Waals surface area contributed by atoms with E-state index >= 15 is 0 Å². The lowest BCUT2D eigenvalue weighted by molar-refractivity contribution is 0.858. The maximum absolute atomic E-state index is 3.55. The van der Waals surface area contributed by atoms with Crippen molar-refractivity contribution < 1.29 is 0 Å². The summed E-state index contributed by atoms with van der Waals surface area (Å²) in [5, 5.41) is 1.43. The third-order valence-corrected chi connectivity index (χ3v) is 6.08. The van der Waals surface area contributed by atoms with E-state index in [2.05, 4.69) is 85.2 Å². The summed E-state index contributed by atoms with van der Waals surface area (Å²) in [4.78, 5) is 0. The molecule has 0 bridgehead atoms. The molecule has 0 amide bonds. The molecule has 0 atom stereocenters. The Morgan fingerprint density at radius 3 is 2.10 bits per heavy atom. The highest BCUT2D eigenvalue weighted by Crippen LogP contribution is 2.05. The summed E-state index contributed by atoms with van der Waals surface area (Å²) in [5.41, 5.74) is 4.96. The molecule has 0 spiro atoms. The zero-order chi connectivity index (χ0) is 14.3. The van der Waals surface area contributed by atoms with Crippen molar-refractivity contribution in [1.82, 2.24) is 0 Å². The number of unbranched alkanes of at least 4 members (excludes halogenated alkanes) is 1. The highest BCUT2D eigenvalue weighted by Gasteiger charge is 2.19. The molecular formula is C19H22Si. The first-order chi connectivity index (χ1) is 9.68. The van der Waals surface area contributed by atoms with Crippen LogP contribution < -0.4 is 5.19 Å². The van der Waals surface area contributed by atoms with Crippen molar-refractivity contribution in [2.24, 2.45) is 0 Å². The van der Waals surface area contributed by atoms with E-state index in [1.807, 2.05) is 0 Å². The molecule has 20 heavy (non-hydrogen) atoms. The molecule has 0 unspecified atom stereocenters. The normalized spacial score (nSPS) is 10.7. The summed E-state index contributed by atoms with van der Waals surface area (Å²) >= 11 is 0. The van der Waals surface area contributed by atoms with Gasteiger partial charge in [0, 0.05) is 6.42 Å². The van der Waals surface area contributed by atoms with Crippen LogP contribution in [0.1, 0.15) is 18.4 Å². The van der Waals surface area contributed by atoms with Gasteiger partial charge in [-0.1, -0.05) is 73.8 Å². The largest absolute Gasteiger partial charge is 0.162 e. The van der Waals surface area contributed by atoms with E-state index in [0.29, 0.717) is 0 Å². The fourth-order valence-corrected chi connectivity index (χ4v) is 3.97. The summed E-state index contributed by atoms with van der Waals surface area (Å²) < 4.78 is 0. The van der Waals surface area contributed by atoms with Crippen molar-refractivity contribution in [3.8, 4) is 11.5 Å². The van der Waals surface area contributed by atoms with Crippen LogP contribution in [-0.4, -0.2) is 8.07 Å². The Kier molecular flexibility index (Phi) is 5.21. The van der Waals surface area contributed by atoms with Gasteiger partial charge in [0.1, 0.15) is 0 Å². The van der Waals surface area contributed by atoms with E-state index in [-0.39, 0.29) is 0 Å². The second-order valence-corrected chi connectivity index (χ2v) is 9.71. The van der Waals surface area contributed by atoms with Crippen LogP contribution in [0.3, 0.4) is 0 Å². The maximum Gasteiger partial charge on any atom is 0.162 e. The van der Waals surface area contributed by atoms with E-state index in [1.165, 1.54) is 10.8 Å². The molecule has 0 aliphatic carbocycles. The first-order valence-electron chi connectivity index (χ1n) is 7.28. The monoisotopic (exact) mass is 278 g/mol. The van der Waals surface area contributed by atoms with Crippen LogP contribution in [0.15, 0.2) is 60.7 Å². The Hall–Kier alpha value is -1.78. The average molecular weight is 278 g/mol. The smallest absolute Gasteiger partial charge is 0.126 e. The lowest BCUT2D eigenvalue weighted by Gasteiger charge is -2.14. The van der Waals surface area contributed by atoms with Crippen LogP contribution in [0.25, 0.3) is 0 Å². The van der Waals surface area contributed by atoms with Gasteiger partial charge in [-0.2, -0.15) is 0 Å². The van der Waals surface area contributed by atoms with Crippen molar-refractivity contribution in [2.45, 2.75) is 32.4 Å². The highest BCUT2D eigenvalue weighted by molar-refractivity contribution is 6.96. The first kappa shape index (κ1) is 14.6. The molecule has 0 N–H and O–H groups in total. The van der Waals surface area contributed by atoms with Crippen molar-refractivity contribution in [2.75, 3.05) is 0 Å².